The molecule has 1 amide bonds. The van der Waals surface area contributed by atoms with Crippen LogP contribution in [0.3, 0.4) is 0 Å². The first-order chi connectivity index (χ1) is 15.3. The molecule has 0 atom stereocenters. The third-order valence-electron chi connectivity index (χ3n) is 5.02. The zero-order chi connectivity index (χ0) is 23.3. The average Bonchev–Trinajstić information content (AvgIpc) is 3.10. The van der Waals surface area contributed by atoms with Crippen LogP contribution in [0.5, 0.6) is 0 Å². The van der Waals surface area contributed by atoms with Gasteiger partial charge in [-0.25, -0.2) is 9.59 Å². The third-order valence-corrected chi connectivity index (χ3v) is 6.21. The lowest BCUT2D eigenvalue weighted by molar-refractivity contribution is 0.0477. The fraction of sp³-hybridized carbons (Fsp3) is 0.240. The molecule has 0 spiro atoms. The molecule has 1 heterocycles. The first kappa shape index (κ1) is 23.2. The Hall–Kier alpha value is -3.45. The van der Waals surface area contributed by atoms with Gasteiger partial charge in [0, 0.05) is 5.56 Å². The van der Waals surface area contributed by atoms with Crippen molar-refractivity contribution in [1.29, 1.82) is 0 Å². The van der Waals surface area contributed by atoms with Crippen LogP contribution in [0.25, 0.3) is 0 Å². The minimum atomic E-state index is -0.598. The molecule has 0 aliphatic rings. The molecule has 0 unspecified atom stereocenters. The summed E-state index contributed by atoms with van der Waals surface area (Å²) in [5, 5.41) is 3.03. The number of amides is 1. The number of ether oxygens (including phenoxy) is 2. The van der Waals surface area contributed by atoms with E-state index in [0.717, 1.165) is 28.0 Å². The van der Waals surface area contributed by atoms with E-state index in [1.54, 1.807) is 26.0 Å². The Kier molecular flexibility index (Phi) is 7.43. The van der Waals surface area contributed by atoms with E-state index in [1.807, 2.05) is 50.2 Å². The number of hydrogen-bond donors (Lipinski definition) is 1. The maximum absolute atomic E-state index is 12.8. The topological polar surface area (TPSA) is 81.7 Å². The number of hydrogen-bond acceptors (Lipinski definition) is 6. The lowest BCUT2D eigenvalue weighted by Crippen LogP contribution is -2.15. The van der Waals surface area contributed by atoms with Crippen molar-refractivity contribution in [3.8, 4) is 0 Å². The van der Waals surface area contributed by atoms with Crippen molar-refractivity contribution in [2.75, 3.05) is 11.9 Å². The van der Waals surface area contributed by atoms with Crippen molar-refractivity contribution < 1.29 is 23.9 Å². The summed E-state index contributed by atoms with van der Waals surface area (Å²) in [6.07, 6.45) is 0. The van der Waals surface area contributed by atoms with Crippen LogP contribution in [0.15, 0.2) is 48.5 Å². The van der Waals surface area contributed by atoms with Gasteiger partial charge in [0.05, 0.1) is 12.2 Å². The maximum atomic E-state index is 12.8. The van der Waals surface area contributed by atoms with E-state index in [0.29, 0.717) is 11.1 Å². The van der Waals surface area contributed by atoms with Crippen LogP contribution in [0.1, 0.15) is 59.6 Å². The number of nitrogens with one attached hydrogen (secondary N) is 1. The summed E-state index contributed by atoms with van der Waals surface area (Å²) in [5.74, 6) is -1.53. The second kappa shape index (κ2) is 10.2. The van der Waals surface area contributed by atoms with Crippen molar-refractivity contribution in [1.82, 2.24) is 0 Å². The Balaban J connectivity index is 1.88. The molecule has 0 saturated carbocycles. The molecule has 3 aromatic rings. The number of carbonyl (C=O) groups excluding carboxylic acids is 3. The van der Waals surface area contributed by atoms with E-state index in [2.05, 4.69) is 5.32 Å². The van der Waals surface area contributed by atoms with Crippen LogP contribution in [0.4, 0.5) is 5.00 Å². The van der Waals surface area contributed by atoms with Gasteiger partial charge in [0.15, 0.2) is 0 Å². The third kappa shape index (κ3) is 5.23. The Morgan fingerprint density at radius 2 is 1.62 bits per heavy atom. The van der Waals surface area contributed by atoms with Crippen molar-refractivity contribution in [3.05, 3.63) is 86.8 Å². The van der Waals surface area contributed by atoms with E-state index >= 15 is 0 Å². The van der Waals surface area contributed by atoms with Crippen LogP contribution < -0.4 is 5.32 Å². The van der Waals surface area contributed by atoms with Crippen LogP contribution >= 0.6 is 11.3 Å². The van der Waals surface area contributed by atoms with Gasteiger partial charge in [-0.05, 0) is 62.1 Å². The molecule has 3 rings (SSSR count). The molecule has 166 valence electrons. The second-order valence-electron chi connectivity index (χ2n) is 7.30. The highest BCUT2D eigenvalue weighted by atomic mass is 32.1. The van der Waals surface area contributed by atoms with E-state index in [4.69, 9.17) is 9.47 Å². The van der Waals surface area contributed by atoms with Crippen molar-refractivity contribution >= 4 is 34.2 Å². The summed E-state index contributed by atoms with van der Waals surface area (Å²) in [5.41, 5.74) is 3.95. The van der Waals surface area contributed by atoms with E-state index in [-0.39, 0.29) is 34.6 Å². The minimum Gasteiger partial charge on any atom is -0.462 e. The quantitative estimate of drug-likeness (QED) is 0.483. The molecule has 32 heavy (non-hydrogen) atoms. The van der Waals surface area contributed by atoms with Gasteiger partial charge in [-0.1, -0.05) is 36.4 Å². The van der Waals surface area contributed by atoms with Gasteiger partial charge in [0.1, 0.15) is 16.5 Å². The van der Waals surface area contributed by atoms with Crippen molar-refractivity contribution in [3.63, 3.8) is 0 Å². The van der Waals surface area contributed by atoms with Gasteiger partial charge in [-0.2, -0.15) is 0 Å². The molecule has 1 aromatic heterocycles. The lowest BCUT2D eigenvalue weighted by Gasteiger charge is -2.08. The Labute approximate surface area is 191 Å². The average molecular weight is 452 g/mol. The zero-order valence-corrected chi connectivity index (χ0v) is 19.3. The molecule has 0 aliphatic heterocycles. The molecule has 2 aromatic carbocycles. The first-order valence-corrected chi connectivity index (χ1v) is 11.0. The summed E-state index contributed by atoms with van der Waals surface area (Å²) in [7, 11) is 0. The van der Waals surface area contributed by atoms with Gasteiger partial charge < -0.3 is 14.8 Å². The van der Waals surface area contributed by atoms with Gasteiger partial charge in [0.2, 0.25) is 0 Å². The summed E-state index contributed by atoms with van der Waals surface area (Å²) in [6, 6.07) is 14.7. The molecule has 0 bridgehead atoms. The maximum Gasteiger partial charge on any atom is 0.349 e. The summed E-state index contributed by atoms with van der Waals surface area (Å²) in [4.78, 5) is 38.4. The molecule has 0 fully saturated rings. The predicted octanol–water partition coefficient (Wildman–Crippen LogP) is 5.46. The predicted molar refractivity (Wildman–Crippen MR) is 124 cm³/mol. The monoisotopic (exact) mass is 451 g/mol. The molecule has 1 N–H and O–H groups in total. The van der Waals surface area contributed by atoms with Crippen LogP contribution in [-0.2, 0) is 16.1 Å². The molecule has 0 aliphatic carbocycles. The highest BCUT2D eigenvalue weighted by molar-refractivity contribution is 7.18. The number of thiophene rings is 1. The number of anilines is 1. The summed E-state index contributed by atoms with van der Waals surface area (Å²) < 4.78 is 10.6. The Morgan fingerprint density at radius 3 is 2.28 bits per heavy atom. The molecular weight excluding hydrogens is 426 g/mol. The number of carbonyl (C=O) groups is 3. The second-order valence-corrected chi connectivity index (χ2v) is 8.32. The van der Waals surface area contributed by atoms with Crippen molar-refractivity contribution in [2.24, 2.45) is 0 Å². The molecule has 6 nitrogen and oxygen atoms in total. The fourth-order valence-corrected chi connectivity index (χ4v) is 4.18. The van der Waals surface area contributed by atoms with Gasteiger partial charge in [-0.3, -0.25) is 4.79 Å². The Morgan fingerprint density at radius 1 is 0.906 bits per heavy atom. The van der Waals surface area contributed by atoms with Crippen LogP contribution in [0, 0.1) is 20.8 Å². The zero-order valence-electron chi connectivity index (χ0n) is 18.5. The van der Waals surface area contributed by atoms with E-state index in [1.165, 1.54) is 0 Å². The van der Waals surface area contributed by atoms with Crippen LogP contribution in [0.2, 0.25) is 0 Å². The Bertz CT molecular complexity index is 1150. The normalized spacial score (nSPS) is 10.5. The van der Waals surface area contributed by atoms with Crippen molar-refractivity contribution in [2.45, 2.75) is 34.3 Å². The number of aryl methyl sites for hydroxylation is 2. The van der Waals surface area contributed by atoms with Gasteiger partial charge in [0.25, 0.3) is 5.91 Å². The number of benzene rings is 2. The number of rotatable bonds is 7. The highest BCUT2D eigenvalue weighted by Gasteiger charge is 2.27. The standard InChI is InChI=1S/C25H25NO5S/c1-5-30-24(28)20-17(4)21(25(29)31-14-18-9-7-6-8-10-18)32-23(20)26-22(27)19-12-11-15(2)16(3)13-19/h6-13H,5,14H2,1-4H3,(H,26,27). The van der Waals surface area contributed by atoms with E-state index in [9.17, 15) is 14.4 Å². The minimum absolute atomic E-state index is 0.107. The lowest BCUT2D eigenvalue weighted by atomic mass is 10.1. The smallest absolute Gasteiger partial charge is 0.349 e. The van der Waals surface area contributed by atoms with Crippen LogP contribution in [-0.4, -0.2) is 24.5 Å². The SMILES string of the molecule is CCOC(=O)c1c(NC(=O)c2ccc(C)c(C)c2)sc(C(=O)OCc2ccccc2)c1C. The first-order valence-electron chi connectivity index (χ1n) is 10.2. The molecule has 0 saturated heterocycles. The molecular formula is C25H25NO5S. The molecule has 7 heteroatoms. The number of esters is 2. The van der Waals surface area contributed by atoms with Gasteiger partial charge in [-0.15, -0.1) is 11.3 Å². The summed E-state index contributed by atoms with van der Waals surface area (Å²) >= 11 is 1.01. The fourth-order valence-electron chi connectivity index (χ4n) is 3.09. The van der Waals surface area contributed by atoms with Gasteiger partial charge >= 0.3 is 11.9 Å². The largest absolute Gasteiger partial charge is 0.462 e. The van der Waals surface area contributed by atoms with E-state index < -0.39 is 11.9 Å². The summed E-state index contributed by atoms with van der Waals surface area (Å²) in [6.45, 7) is 7.51. The molecule has 0 radical (unpaired) electrons. The highest BCUT2D eigenvalue weighted by Crippen LogP contribution is 2.35.